The van der Waals surface area contributed by atoms with Crippen molar-refractivity contribution in [3.05, 3.63) is 76.9 Å². The first kappa shape index (κ1) is 24.4. The lowest BCUT2D eigenvalue weighted by Crippen LogP contribution is -2.51. The molecule has 2 heterocycles. The van der Waals surface area contributed by atoms with E-state index in [-0.39, 0.29) is 18.4 Å². The van der Waals surface area contributed by atoms with Gasteiger partial charge in [-0.05, 0) is 54.6 Å². The third kappa shape index (κ3) is 5.14. The average molecular weight is 488 g/mol. The molecule has 1 fully saturated rings. The molecule has 3 aromatic carbocycles. The van der Waals surface area contributed by atoms with Gasteiger partial charge in [0.1, 0.15) is 18.5 Å². The monoisotopic (exact) mass is 487 g/mol. The standard InChI is InChI=1S/C29H33N3O4/c1-20-15-21(2)17-24(16-20)36-19-23(33)18-31-11-9-30(10-12-31)13-14-32-28(34)25-7-3-5-22-6-4-8-26(27(22)25)29(32)35/h3-8,15-17,23,33H,9-14,18-19H2,1-2H3/t23-/m0/s1. The highest BCUT2D eigenvalue weighted by molar-refractivity contribution is 6.25. The SMILES string of the molecule is Cc1cc(C)cc(OC[C@@H](O)CN2CCN(CCN3C(=O)c4cccc5cccc(c45)C3=O)CC2)c1. The first-order valence-electron chi connectivity index (χ1n) is 12.6. The Morgan fingerprint density at radius 1 is 0.833 bits per heavy atom. The van der Waals surface area contributed by atoms with Gasteiger partial charge in [0, 0.05) is 62.3 Å². The van der Waals surface area contributed by atoms with Crippen LogP contribution < -0.4 is 4.74 Å². The van der Waals surface area contributed by atoms with Crippen molar-refractivity contribution in [1.82, 2.24) is 14.7 Å². The molecule has 0 aromatic heterocycles. The highest BCUT2D eigenvalue weighted by Crippen LogP contribution is 2.29. The minimum absolute atomic E-state index is 0.213. The van der Waals surface area contributed by atoms with Gasteiger partial charge < -0.3 is 9.84 Å². The number of nitrogens with zero attached hydrogens (tertiary/aromatic N) is 3. The van der Waals surface area contributed by atoms with E-state index in [9.17, 15) is 14.7 Å². The van der Waals surface area contributed by atoms with Crippen molar-refractivity contribution in [2.24, 2.45) is 0 Å². The van der Waals surface area contributed by atoms with Gasteiger partial charge in [-0.25, -0.2) is 0 Å². The summed E-state index contributed by atoms with van der Waals surface area (Å²) in [5.41, 5.74) is 3.49. The van der Waals surface area contributed by atoms with E-state index >= 15 is 0 Å². The van der Waals surface area contributed by atoms with Crippen LogP contribution in [0.25, 0.3) is 10.8 Å². The molecule has 3 aromatic rings. The fourth-order valence-corrected chi connectivity index (χ4v) is 5.28. The Morgan fingerprint density at radius 2 is 1.42 bits per heavy atom. The Labute approximate surface area is 211 Å². The summed E-state index contributed by atoms with van der Waals surface area (Å²) in [4.78, 5) is 32.1. The van der Waals surface area contributed by atoms with E-state index in [0.29, 0.717) is 30.8 Å². The van der Waals surface area contributed by atoms with Crippen molar-refractivity contribution >= 4 is 22.6 Å². The normalized spacial score (nSPS) is 17.6. The lowest BCUT2D eigenvalue weighted by atomic mass is 9.94. The molecule has 7 nitrogen and oxygen atoms in total. The smallest absolute Gasteiger partial charge is 0.261 e. The Hall–Kier alpha value is -3.26. The largest absolute Gasteiger partial charge is 0.491 e. The van der Waals surface area contributed by atoms with E-state index < -0.39 is 6.10 Å². The molecule has 0 unspecified atom stereocenters. The van der Waals surface area contributed by atoms with E-state index in [1.807, 2.05) is 62.4 Å². The molecule has 1 atom stereocenters. The van der Waals surface area contributed by atoms with E-state index in [1.165, 1.54) is 4.90 Å². The summed E-state index contributed by atoms with van der Waals surface area (Å²) in [6.07, 6.45) is -0.566. The van der Waals surface area contributed by atoms with Gasteiger partial charge in [-0.2, -0.15) is 0 Å². The molecule has 2 aliphatic heterocycles. The van der Waals surface area contributed by atoms with Crippen LogP contribution in [-0.2, 0) is 0 Å². The molecule has 188 valence electrons. The van der Waals surface area contributed by atoms with Crippen molar-refractivity contribution in [2.45, 2.75) is 20.0 Å². The Bertz CT molecular complexity index is 1210. The molecule has 0 bridgehead atoms. The van der Waals surface area contributed by atoms with Gasteiger partial charge in [-0.1, -0.05) is 30.3 Å². The number of carbonyl (C=O) groups is 2. The third-order valence-corrected chi connectivity index (χ3v) is 7.07. The van der Waals surface area contributed by atoms with E-state index in [1.54, 1.807) is 0 Å². The number of ether oxygens (including phenoxy) is 1. The molecular formula is C29H33N3O4. The quantitative estimate of drug-likeness (QED) is 0.493. The van der Waals surface area contributed by atoms with Crippen molar-refractivity contribution in [1.29, 1.82) is 0 Å². The van der Waals surface area contributed by atoms with Gasteiger partial charge in [0.2, 0.25) is 0 Å². The maximum Gasteiger partial charge on any atom is 0.261 e. The van der Waals surface area contributed by atoms with Crippen molar-refractivity contribution in [3.63, 3.8) is 0 Å². The van der Waals surface area contributed by atoms with Crippen LogP contribution >= 0.6 is 0 Å². The van der Waals surface area contributed by atoms with Gasteiger partial charge in [-0.15, -0.1) is 0 Å². The van der Waals surface area contributed by atoms with Crippen molar-refractivity contribution in [3.8, 4) is 5.75 Å². The fourth-order valence-electron chi connectivity index (χ4n) is 5.28. The van der Waals surface area contributed by atoms with Crippen molar-refractivity contribution < 1.29 is 19.4 Å². The van der Waals surface area contributed by atoms with Gasteiger partial charge >= 0.3 is 0 Å². The van der Waals surface area contributed by atoms with Gasteiger partial charge in [0.25, 0.3) is 11.8 Å². The van der Waals surface area contributed by atoms with Gasteiger partial charge in [-0.3, -0.25) is 24.3 Å². The number of benzene rings is 3. The number of amides is 2. The molecular weight excluding hydrogens is 454 g/mol. The van der Waals surface area contributed by atoms with Crippen LogP contribution in [0.15, 0.2) is 54.6 Å². The number of hydrogen-bond acceptors (Lipinski definition) is 6. The van der Waals surface area contributed by atoms with E-state index in [0.717, 1.165) is 53.8 Å². The van der Waals surface area contributed by atoms with E-state index in [4.69, 9.17) is 4.74 Å². The topological polar surface area (TPSA) is 73.3 Å². The lowest BCUT2D eigenvalue weighted by molar-refractivity contribution is 0.0416. The molecule has 0 radical (unpaired) electrons. The first-order valence-corrected chi connectivity index (χ1v) is 12.6. The highest BCUT2D eigenvalue weighted by atomic mass is 16.5. The van der Waals surface area contributed by atoms with Crippen LogP contribution in [0.1, 0.15) is 31.8 Å². The highest BCUT2D eigenvalue weighted by Gasteiger charge is 2.33. The second-order valence-electron chi connectivity index (χ2n) is 9.90. The van der Waals surface area contributed by atoms with Crippen LogP contribution in [0, 0.1) is 13.8 Å². The molecule has 0 aliphatic carbocycles. The maximum atomic E-state index is 13.1. The fraction of sp³-hybridized carbons (Fsp3) is 0.379. The summed E-state index contributed by atoms with van der Waals surface area (Å²) >= 11 is 0. The number of imide groups is 1. The second-order valence-corrected chi connectivity index (χ2v) is 9.90. The molecule has 2 aliphatic rings. The molecule has 1 saturated heterocycles. The number of aliphatic hydroxyl groups excluding tert-OH is 1. The molecule has 7 heteroatoms. The average Bonchev–Trinajstić information content (AvgIpc) is 2.86. The number of hydrogen-bond donors (Lipinski definition) is 1. The molecule has 0 spiro atoms. The van der Waals surface area contributed by atoms with E-state index in [2.05, 4.69) is 15.9 Å². The summed E-state index contributed by atoms with van der Waals surface area (Å²) in [5.74, 6) is 0.363. The number of carbonyl (C=O) groups excluding carboxylic acids is 2. The summed E-state index contributed by atoms with van der Waals surface area (Å²) in [6, 6.07) is 17.3. The zero-order valence-electron chi connectivity index (χ0n) is 20.9. The Kier molecular flexibility index (Phi) is 7.05. The van der Waals surface area contributed by atoms with Crippen LogP contribution in [0.3, 0.4) is 0 Å². The maximum absolute atomic E-state index is 13.1. The number of β-amino-alcohol motifs (C(OH)–C–C–N with tert-alkyl or cyclic N) is 1. The lowest BCUT2D eigenvalue weighted by Gasteiger charge is -2.36. The second kappa shape index (κ2) is 10.4. The van der Waals surface area contributed by atoms with Crippen LogP contribution in [0.2, 0.25) is 0 Å². The summed E-state index contributed by atoms with van der Waals surface area (Å²) in [6.45, 7) is 9.20. The van der Waals surface area contributed by atoms with Crippen LogP contribution in [-0.4, -0.2) is 90.1 Å². The van der Waals surface area contributed by atoms with Gasteiger partial charge in [0.15, 0.2) is 0 Å². The van der Waals surface area contributed by atoms with Crippen LogP contribution in [0.4, 0.5) is 0 Å². The zero-order chi connectivity index (χ0) is 25.2. The minimum atomic E-state index is -0.566. The third-order valence-electron chi connectivity index (χ3n) is 7.07. The molecule has 0 saturated carbocycles. The molecule has 1 N–H and O–H groups in total. The molecule has 2 amide bonds. The number of rotatable bonds is 8. The number of aryl methyl sites for hydroxylation is 2. The first-order chi connectivity index (χ1) is 17.4. The Balaban J connectivity index is 1.09. The Morgan fingerprint density at radius 3 is 2.03 bits per heavy atom. The van der Waals surface area contributed by atoms with Crippen LogP contribution in [0.5, 0.6) is 5.75 Å². The minimum Gasteiger partial charge on any atom is -0.491 e. The summed E-state index contributed by atoms with van der Waals surface area (Å²) in [7, 11) is 0. The van der Waals surface area contributed by atoms with Gasteiger partial charge in [0.05, 0.1) is 0 Å². The predicted octanol–water partition coefficient (Wildman–Crippen LogP) is 3.11. The molecule has 36 heavy (non-hydrogen) atoms. The number of aliphatic hydroxyl groups is 1. The van der Waals surface area contributed by atoms with Crippen molar-refractivity contribution in [2.75, 3.05) is 52.4 Å². The number of piperazine rings is 1. The summed E-state index contributed by atoms with van der Waals surface area (Å²) < 4.78 is 5.81. The molecule has 5 rings (SSSR count). The summed E-state index contributed by atoms with van der Waals surface area (Å²) in [5, 5.41) is 12.2. The zero-order valence-corrected chi connectivity index (χ0v) is 20.9. The predicted molar refractivity (Wildman–Crippen MR) is 140 cm³/mol.